The molecular formula is C24H32O4S2. The predicted octanol–water partition coefficient (Wildman–Crippen LogP) is 6.20. The van der Waals surface area contributed by atoms with Crippen molar-refractivity contribution in [1.29, 1.82) is 0 Å². The average Bonchev–Trinajstić information content (AvgIpc) is 2.74. The molecule has 0 aromatic heterocycles. The van der Waals surface area contributed by atoms with Crippen molar-refractivity contribution in [3.63, 3.8) is 0 Å². The summed E-state index contributed by atoms with van der Waals surface area (Å²) in [5, 5.41) is 8.42. The molecule has 0 bridgehead atoms. The van der Waals surface area contributed by atoms with Gasteiger partial charge < -0.3 is 9.84 Å². The molecule has 0 radical (unpaired) electrons. The largest absolute Gasteiger partial charge is 0.481 e. The molecular weight excluding hydrogens is 416 g/mol. The zero-order valence-electron chi connectivity index (χ0n) is 17.8. The maximum Gasteiger partial charge on any atom is 0.303 e. The van der Waals surface area contributed by atoms with Crippen LogP contribution in [0.15, 0.2) is 70.5 Å². The molecule has 2 rings (SSSR count). The summed E-state index contributed by atoms with van der Waals surface area (Å²) in [4.78, 5) is 23.7. The Balaban J connectivity index is 0.000000303. The van der Waals surface area contributed by atoms with E-state index in [-0.39, 0.29) is 18.3 Å². The summed E-state index contributed by atoms with van der Waals surface area (Å²) in [6, 6.07) is 20.4. The molecule has 4 nitrogen and oxygen atoms in total. The van der Waals surface area contributed by atoms with Crippen LogP contribution in [-0.2, 0) is 14.3 Å². The Kier molecular flexibility index (Phi) is 14.9. The van der Waals surface area contributed by atoms with E-state index in [1.54, 1.807) is 37.6 Å². The molecule has 0 fully saturated rings. The van der Waals surface area contributed by atoms with Gasteiger partial charge in [-0.2, -0.15) is 0 Å². The van der Waals surface area contributed by atoms with Crippen molar-refractivity contribution in [1.82, 2.24) is 0 Å². The van der Waals surface area contributed by atoms with Crippen molar-refractivity contribution in [2.45, 2.75) is 54.9 Å². The van der Waals surface area contributed by atoms with E-state index in [0.717, 1.165) is 30.8 Å². The molecule has 164 valence electrons. The number of ether oxygens (including phenoxy) is 1. The number of benzene rings is 2. The summed E-state index contributed by atoms with van der Waals surface area (Å²) in [6.45, 7) is 1.61. The number of hydrogen-bond acceptors (Lipinski definition) is 5. The summed E-state index contributed by atoms with van der Waals surface area (Å²) in [5.41, 5.74) is 0. The molecule has 0 saturated carbocycles. The summed E-state index contributed by atoms with van der Waals surface area (Å²) >= 11 is 3.58. The molecule has 0 amide bonds. The van der Waals surface area contributed by atoms with Gasteiger partial charge in [0.1, 0.15) is 5.78 Å². The molecule has 0 aliphatic carbocycles. The Morgan fingerprint density at radius 2 is 1.43 bits per heavy atom. The number of carbonyl (C=O) groups excluding carboxylic acids is 1. The van der Waals surface area contributed by atoms with Crippen LogP contribution in [0.2, 0.25) is 0 Å². The van der Waals surface area contributed by atoms with Crippen molar-refractivity contribution in [3.05, 3.63) is 60.7 Å². The van der Waals surface area contributed by atoms with Gasteiger partial charge in [0, 0.05) is 35.5 Å². The van der Waals surface area contributed by atoms with Crippen LogP contribution in [-0.4, -0.2) is 41.6 Å². The fraction of sp³-hybridized carbons (Fsp3) is 0.417. The minimum atomic E-state index is -0.699. The Labute approximate surface area is 188 Å². The van der Waals surface area contributed by atoms with Crippen molar-refractivity contribution >= 4 is 35.3 Å². The third-order valence-corrected chi connectivity index (χ3v) is 6.24. The number of carboxylic acids is 1. The number of rotatable bonds is 13. The topological polar surface area (TPSA) is 63.6 Å². The predicted molar refractivity (Wildman–Crippen MR) is 127 cm³/mol. The number of ketones is 1. The zero-order valence-corrected chi connectivity index (χ0v) is 19.4. The maximum absolute atomic E-state index is 11.0. The van der Waals surface area contributed by atoms with Gasteiger partial charge in [-0.25, -0.2) is 0 Å². The maximum atomic E-state index is 11.0. The van der Waals surface area contributed by atoms with Crippen molar-refractivity contribution < 1.29 is 19.4 Å². The lowest BCUT2D eigenvalue weighted by molar-refractivity contribution is -0.137. The monoisotopic (exact) mass is 448 g/mol. The van der Waals surface area contributed by atoms with Crippen molar-refractivity contribution in [2.75, 3.05) is 18.6 Å². The van der Waals surface area contributed by atoms with Gasteiger partial charge in [0.25, 0.3) is 0 Å². The zero-order chi connectivity index (χ0) is 22.0. The molecule has 0 aliphatic rings. The van der Waals surface area contributed by atoms with Gasteiger partial charge in [-0.15, -0.1) is 23.5 Å². The van der Waals surface area contributed by atoms with E-state index >= 15 is 0 Å². The van der Waals surface area contributed by atoms with Gasteiger partial charge in [0.05, 0.1) is 6.10 Å². The number of thioether (sulfide) groups is 2. The number of Topliss-reactive ketones (excluding diaryl/α,β-unsaturated/α-hetero) is 1. The molecule has 1 N–H and O–H groups in total. The average molecular weight is 449 g/mol. The van der Waals surface area contributed by atoms with Crippen LogP contribution in [0.3, 0.4) is 0 Å². The number of aliphatic carboxylic acids is 1. The summed E-state index contributed by atoms with van der Waals surface area (Å²) in [7, 11) is 1.67. The van der Waals surface area contributed by atoms with Crippen molar-refractivity contribution in [3.8, 4) is 0 Å². The van der Waals surface area contributed by atoms with E-state index < -0.39 is 5.97 Å². The Hall–Kier alpha value is -1.76. The van der Waals surface area contributed by atoms with Crippen LogP contribution >= 0.6 is 23.5 Å². The first-order chi connectivity index (χ1) is 14.5. The van der Waals surface area contributed by atoms with E-state index in [0.29, 0.717) is 6.42 Å². The molecule has 0 aliphatic heterocycles. The van der Waals surface area contributed by atoms with Gasteiger partial charge in [-0.1, -0.05) is 36.4 Å². The third kappa shape index (κ3) is 14.3. The van der Waals surface area contributed by atoms with Crippen LogP contribution in [0, 0.1) is 0 Å². The second kappa shape index (κ2) is 17.0. The lowest BCUT2D eigenvalue weighted by Crippen LogP contribution is -2.15. The van der Waals surface area contributed by atoms with Crippen LogP contribution in [0.1, 0.15) is 39.0 Å². The summed E-state index contributed by atoms with van der Waals surface area (Å²) in [5.74, 6) is 1.47. The molecule has 0 spiro atoms. The van der Waals surface area contributed by atoms with E-state index in [1.165, 1.54) is 9.79 Å². The molecule has 0 saturated heterocycles. The Bertz CT molecular complexity index is 708. The molecule has 6 heteroatoms. The summed E-state index contributed by atoms with van der Waals surface area (Å²) < 4.78 is 5.26. The normalized spacial score (nSPS) is 11.3. The van der Waals surface area contributed by atoms with Gasteiger partial charge in [-0.05, 0) is 56.2 Å². The number of carbonyl (C=O) groups is 2. The van der Waals surface area contributed by atoms with E-state index in [4.69, 9.17) is 9.84 Å². The number of methoxy groups -OCH3 is 1. The highest BCUT2D eigenvalue weighted by molar-refractivity contribution is 7.99. The van der Waals surface area contributed by atoms with Gasteiger partial charge in [-0.3, -0.25) is 9.59 Å². The molecule has 0 heterocycles. The molecule has 1 unspecified atom stereocenters. The Morgan fingerprint density at radius 3 is 1.90 bits per heavy atom. The SMILES string of the molecule is COC(CCSc1ccccc1)CC(C)=O.O=C(O)CCCCSc1ccccc1. The van der Waals surface area contributed by atoms with Crippen molar-refractivity contribution in [2.24, 2.45) is 0 Å². The van der Waals surface area contributed by atoms with Crippen LogP contribution in [0.25, 0.3) is 0 Å². The van der Waals surface area contributed by atoms with E-state index in [9.17, 15) is 9.59 Å². The van der Waals surface area contributed by atoms with E-state index in [2.05, 4.69) is 24.3 Å². The van der Waals surface area contributed by atoms with Gasteiger partial charge in [0.15, 0.2) is 0 Å². The first-order valence-electron chi connectivity index (χ1n) is 10.1. The molecule has 2 aromatic rings. The number of hydrogen-bond donors (Lipinski definition) is 1. The first kappa shape index (κ1) is 26.3. The molecule has 30 heavy (non-hydrogen) atoms. The number of unbranched alkanes of at least 4 members (excludes halogenated alkanes) is 1. The third-order valence-electron chi connectivity index (χ3n) is 4.10. The van der Waals surface area contributed by atoms with Gasteiger partial charge >= 0.3 is 5.97 Å². The highest BCUT2D eigenvalue weighted by Crippen LogP contribution is 2.20. The van der Waals surface area contributed by atoms with Crippen LogP contribution < -0.4 is 0 Å². The standard InChI is InChI=1S/C13H18O2S.C11H14O2S/c1-11(14)10-12(15-2)8-9-16-13-6-4-3-5-7-13;12-11(13)8-4-5-9-14-10-6-2-1-3-7-10/h3-7,12H,8-10H2,1-2H3;1-3,6-7H,4-5,8-9H2,(H,12,13). The second-order valence-electron chi connectivity index (χ2n) is 6.73. The first-order valence-corrected chi connectivity index (χ1v) is 12.1. The lowest BCUT2D eigenvalue weighted by atomic mass is 10.1. The van der Waals surface area contributed by atoms with Crippen LogP contribution in [0.5, 0.6) is 0 Å². The fourth-order valence-electron chi connectivity index (χ4n) is 2.53. The minimum absolute atomic E-state index is 0.0636. The second-order valence-corrected chi connectivity index (χ2v) is 9.06. The van der Waals surface area contributed by atoms with Crippen LogP contribution in [0.4, 0.5) is 0 Å². The quantitative estimate of drug-likeness (QED) is 0.291. The lowest BCUT2D eigenvalue weighted by Gasteiger charge is -2.12. The van der Waals surface area contributed by atoms with Gasteiger partial charge in [0.2, 0.25) is 0 Å². The minimum Gasteiger partial charge on any atom is -0.481 e. The Morgan fingerprint density at radius 1 is 0.900 bits per heavy atom. The summed E-state index contributed by atoms with van der Waals surface area (Å²) in [6.07, 6.45) is 3.52. The highest BCUT2D eigenvalue weighted by Gasteiger charge is 2.09. The van der Waals surface area contributed by atoms with E-state index in [1.807, 2.05) is 36.4 Å². The fourth-order valence-corrected chi connectivity index (χ4v) is 4.43. The smallest absolute Gasteiger partial charge is 0.303 e. The number of carboxylic acid groups (broad SMARTS) is 1. The molecule has 2 aromatic carbocycles. The molecule has 1 atom stereocenters. The highest BCUT2D eigenvalue weighted by atomic mass is 32.2.